The fourth-order valence-corrected chi connectivity index (χ4v) is 15.4. The Hall–Kier alpha value is -9.22. The average Bonchev–Trinajstić information content (AvgIpc) is 1.81. The minimum absolute atomic E-state index is 0.0663. The molecular weight excluding hydrogens is 1120 g/mol. The Kier molecular flexibility index (Phi) is 16.4. The highest BCUT2D eigenvalue weighted by Crippen LogP contribution is 2.50. The summed E-state index contributed by atoms with van der Waals surface area (Å²) in [5.74, 6) is 0.0702. The van der Waals surface area contributed by atoms with E-state index in [1.165, 1.54) is 28.1 Å². The summed E-state index contributed by atoms with van der Waals surface area (Å²) in [6.07, 6.45) is 35.7. The Morgan fingerprint density at radius 1 is 0.429 bits per heavy atom. The summed E-state index contributed by atoms with van der Waals surface area (Å²) >= 11 is 0. The van der Waals surface area contributed by atoms with Gasteiger partial charge in [-0.25, -0.2) is 15.0 Å². The number of piperidine rings is 3. The summed E-state index contributed by atoms with van der Waals surface area (Å²) < 4.78 is 6.65. The Bertz CT molecular complexity index is 4460. The SMILES string of the molecule is Cc1cccnc1[C@@H]1CCC[C@H](c2cn3c(CCc4ccc(-c5cccn6cc([C@H]7CCC[C@@H](c8ncccc8C)N7CCc7cccc(C8CC[C@@H](c9ncccc9C)N(CCc9cnccn9)[C@H]8c8cn9ccccc9n8)n7)nc56)cn4)cccc3n2)N1C. The van der Waals surface area contributed by atoms with E-state index in [0.717, 1.165) is 169 Å². The molecule has 7 atom stereocenters. The van der Waals surface area contributed by atoms with Crippen LogP contribution in [-0.2, 0) is 25.7 Å². The van der Waals surface area contributed by atoms with E-state index in [1.54, 1.807) is 12.4 Å². The van der Waals surface area contributed by atoms with Gasteiger partial charge in [-0.1, -0.05) is 42.5 Å². The molecule has 1 unspecified atom stereocenters. The molecule has 91 heavy (non-hydrogen) atoms. The van der Waals surface area contributed by atoms with Gasteiger partial charge in [-0.15, -0.1) is 0 Å². The minimum Gasteiger partial charge on any atom is -0.307 e. The van der Waals surface area contributed by atoms with Crippen LogP contribution in [-0.4, -0.2) is 97.9 Å². The summed E-state index contributed by atoms with van der Waals surface area (Å²) in [5.41, 5.74) is 20.7. The molecule has 12 aromatic heterocycles. The van der Waals surface area contributed by atoms with Gasteiger partial charge in [0.2, 0.25) is 0 Å². The van der Waals surface area contributed by atoms with Crippen LogP contribution in [0, 0.1) is 20.8 Å². The predicted molar refractivity (Wildman–Crippen MR) is 354 cm³/mol. The first-order valence-electron chi connectivity index (χ1n) is 32.8. The smallest absolute Gasteiger partial charge is 0.145 e. The molecule has 0 bridgehead atoms. The molecule has 3 fully saturated rings. The van der Waals surface area contributed by atoms with Crippen molar-refractivity contribution >= 4 is 16.9 Å². The number of hydrogen-bond acceptors (Lipinski definition) is 13. The zero-order valence-electron chi connectivity index (χ0n) is 52.5. The summed E-state index contributed by atoms with van der Waals surface area (Å²) in [7, 11) is 2.24. The lowest BCUT2D eigenvalue weighted by Gasteiger charge is -2.46. The number of aryl methyl sites for hydroxylation is 5. The van der Waals surface area contributed by atoms with Crippen molar-refractivity contribution in [3.05, 3.63) is 269 Å². The summed E-state index contributed by atoms with van der Waals surface area (Å²) in [4.78, 5) is 58.9. The van der Waals surface area contributed by atoms with Crippen molar-refractivity contribution in [2.75, 3.05) is 20.1 Å². The molecule has 0 amide bonds. The molecule has 12 aromatic rings. The Labute approximate surface area is 532 Å². The Balaban J connectivity index is 0.687. The molecule has 0 N–H and O–H groups in total. The second kappa shape index (κ2) is 25.6. The molecule has 0 aliphatic carbocycles. The molecule has 16 nitrogen and oxygen atoms in total. The number of likely N-dealkylation sites (tertiary alicyclic amines) is 3. The van der Waals surface area contributed by atoms with E-state index in [0.29, 0.717) is 0 Å². The average molecular weight is 1200 g/mol. The molecule has 15 rings (SSSR count). The van der Waals surface area contributed by atoms with Gasteiger partial charge in [0.15, 0.2) is 0 Å². The first-order valence-corrected chi connectivity index (χ1v) is 32.8. The van der Waals surface area contributed by atoms with E-state index in [2.05, 4.69) is 195 Å². The van der Waals surface area contributed by atoms with Crippen LogP contribution in [0.25, 0.3) is 28.1 Å². The third-order valence-corrected chi connectivity index (χ3v) is 20.0. The lowest BCUT2D eigenvalue weighted by molar-refractivity contribution is 0.0588. The fourth-order valence-electron chi connectivity index (χ4n) is 15.4. The zero-order chi connectivity index (χ0) is 61.4. The van der Waals surface area contributed by atoms with Gasteiger partial charge in [-0.2, -0.15) is 0 Å². The second-order valence-corrected chi connectivity index (χ2v) is 25.5. The highest BCUT2D eigenvalue weighted by atomic mass is 15.2. The van der Waals surface area contributed by atoms with Gasteiger partial charge in [0, 0.05) is 140 Å². The van der Waals surface area contributed by atoms with Gasteiger partial charge < -0.3 is 13.2 Å². The van der Waals surface area contributed by atoms with E-state index >= 15 is 0 Å². The van der Waals surface area contributed by atoms with Crippen molar-refractivity contribution in [2.24, 2.45) is 0 Å². The number of pyridine rings is 8. The van der Waals surface area contributed by atoms with Gasteiger partial charge in [-0.05, 0) is 182 Å². The standard InChI is InChI=1S/C75H78N16/c1-50-15-11-36-78-71(50)66-24-9-22-64(86(66)4)62-49-91-57(19-8-27-70(91)83-62)31-30-54-29-28-53(45-81-54)58-20-14-42-88-47-61(85-75(58)88)65-23-10-25-67(72-51(2)16-12-37-79-72)89(65)43-34-55-18-7-21-60(82-55)59-32-33-68(73-52(3)17-13-38-80-73)90(44-35-56-46-76-39-40-77-56)74(59)63-48-87-41-6-5-26-69(87)84-63/h5-8,11-21,26-29,36-42,45-49,59,64-68,74H,9-10,22-25,30-35,43-44H2,1-4H3/t59?,64-,65-,66+,67+,68+,74-/m1/s1. The monoisotopic (exact) mass is 1200 g/mol. The van der Waals surface area contributed by atoms with Crippen LogP contribution < -0.4 is 0 Å². The number of rotatable bonds is 17. The summed E-state index contributed by atoms with van der Waals surface area (Å²) in [5, 5.41) is 0. The summed E-state index contributed by atoms with van der Waals surface area (Å²) in [6, 6.07) is 41.5. The molecule has 3 aliphatic rings. The fraction of sp³-hybridized carbons (Fsp3) is 0.333. The van der Waals surface area contributed by atoms with Crippen LogP contribution in [0.5, 0.6) is 0 Å². The van der Waals surface area contributed by atoms with Crippen LogP contribution in [0.3, 0.4) is 0 Å². The van der Waals surface area contributed by atoms with E-state index in [-0.39, 0.29) is 42.2 Å². The number of aromatic nitrogens is 13. The van der Waals surface area contributed by atoms with Gasteiger partial charge in [0.1, 0.15) is 16.9 Å². The van der Waals surface area contributed by atoms with Gasteiger partial charge in [-0.3, -0.25) is 49.6 Å². The summed E-state index contributed by atoms with van der Waals surface area (Å²) in [6.45, 7) is 8.12. The largest absolute Gasteiger partial charge is 0.307 e. The number of nitrogens with zero attached hydrogens (tertiary/aromatic N) is 16. The maximum absolute atomic E-state index is 5.67. The molecule has 16 heteroatoms. The van der Waals surface area contributed by atoms with Crippen LogP contribution in [0.1, 0.15) is 173 Å². The van der Waals surface area contributed by atoms with Crippen molar-refractivity contribution in [3.63, 3.8) is 0 Å². The second-order valence-electron chi connectivity index (χ2n) is 25.5. The molecule has 15 heterocycles. The van der Waals surface area contributed by atoms with Gasteiger partial charge in [0.05, 0.1) is 76.1 Å². The maximum Gasteiger partial charge on any atom is 0.145 e. The van der Waals surface area contributed by atoms with E-state index < -0.39 is 0 Å². The van der Waals surface area contributed by atoms with Crippen LogP contribution in [0.2, 0.25) is 0 Å². The highest BCUT2D eigenvalue weighted by Gasteiger charge is 2.43. The normalized spacial score (nSPS) is 21.1. The van der Waals surface area contributed by atoms with Crippen molar-refractivity contribution in [1.29, 1.82) is 0 Å². The quantitative estimate of drug-likeness (QED) is 0.0851. The van der Waals surface area contributed by atoms with Crippen LogP contribution in [0.4, 0.5) is 0 Å². The van der Waals surface area contributed by atoms with E-state index in [1.807, 2.05) is 43.1 Å². The first kappa shape index (κ1) is 58.2. The zero-order valence-corrected chi connectivity index (χ0v) is 52.5. The molecule has 3 aliphatic heterocycles. The van der Waals surface area contributed by atoms with Crippen LogP contribution >= 0.6 is 0 Å². The van der Waals surface area contributed by atoms with E-state index in [4.69, 9.17) is 44.9 Å². The van der Waals surface area contributed by atoms with Gasteiger partial charge >= 0.3 is 0 Å². The number of imidazole rings is 3. The minimum atomic E-state index is -0.0775. The molecule has 0 spiro atoms. The highest BCUT2D eigenvalue weighted by molar-refractivity contribution is 5.77. The van der Waals surface area contributed by atoms with Crippen molar-refractivity contribution in [2.45, 2.75) is 140 Å². The molecule has 3 saturated heterocycles. The third kappa shape index (κ3) is 11.7. The van der Waals surface area contributed by atoms with Gasteiger partial charge in [0.25, 0.3) is 0 Å². The van der Waals surface area contributed by atoms with Crippen molar-refractivity contribution < 1.29 is 0 Å². The lowest BCUT2D eigenvalue weighted by Crippen LogP contribution is -2.42. The van der Waals surface area contributed by atoms with Crippen LogP contribution in [0.15, 0.2) is 190 Å². The molecule has 0 radical (unpaired) electrons. The van der Waals surface area contributed by atoms with Crippen molar-refractivity contribution in [1.82, 2.24) is 77.7 Å². The Morgan fingerprint density at radius 2 is 1.11 bits per heavy atom. The predicted octanol–water partition coefficient (Wildman–Crippen LogP) is 14.1. The number of hydrogen-bond donors (Lipinski definition) is 0. The first-order chi connectivity index (χ1) is 44.8. The maximum atomic E-state index is 5.67. The molecular formula is C75H78N16. The Morgan fingerprint density at radius 3 is 1.87 bits per heavy atom. The third-order valence-electron chi connectivity index (χ3n) is 20.0. The lowest BCUT2D eigenvalue weighted by atomic mass is 9.79. The molecule has 0 aromatic carbocycles. The van der Waals surface area contributed by atoms with E-state index in [9.17, 15) is 0 Å². The van der Waals surface area contributed by atoms with Crippen molar-refractivity contribution in [3.8, 4) is 11.1 Å². The number of fused-ring (bicyclic) bond motifs is 3. The topological polar surface area (TPSA) is 152 Å². The molecule has 0 saturated carbocycles. The molecule has 458 valence electrons.